The maximum Gasteiger partial charge on any atom is 0.267 e. The fourth-order valence-electron chi connectivity index (χ4n) is 2.31. The molecule has 114 valence electrons. The minimum absolute atomic E-state index is 0.00393. The molecule has 0 aliphatic carbocycles. The molecule has 1 fully saturated rings. The number of nitriles is 1. The van der Waals surface area contributed by atoms with Crippen LogP contribution >= 0.6 is 0 Å². The molecule has 1 saturated heterocycles. The zero-order valence-electron chi connectivity index (χ0n) is 12.0. The number of hydrogen-bond acceptors (Lipinski definition) is 5. The normalized spacial score (nSPS) is 16.0. The van der Waals surface area contributed by atoms with Crippen molar-refractivity contribution in [1.29, 1.82) is 5.26 Å². The van der Waals surface area contributed by atoms with Gasteiger partial charge in [-0.2, -0.15) is 5.26 Å². The summed E-state index contributed by atoms with van der Waals surface area (Å²) in [6.07, 6.45) is 2.40. The summed E-state index contributed by atoms with van der Waals surface area (Å²) in [4.78, 5) is 24.6. The number of nitrogens with zero attached hydrogens (tertiary/aromatic N) is 2. The van der Waals surface area contributed by atoms with Crippen LogP contribution in [0.5, 0.6) is 0 Å². The lowest BCUT2D eigenvalue weighted by atomic mass is 9.97. The van der Waals surface area contributed by atoms with Gasteiger partial charge in [0.2, 0.25) is 0 Å². The maximum absolute atomic E-state index is 12.1. The van der Waals surface area contributed by atoms with Crippen molar-refractivity contribution in [2.45, 2.75) is 12.8 Å². The number of piperidine rings is 1. The highest BCUT2D eigenvalue weighted by Gasteiger charge is 2.19. The first-order chi connectivity index (χ1) is 10.6. The molecule has 0 bridgehead atoms. The van der Waals surface area contributed by atoms with E-state index in [1.807, 2.05) is 12.1 Å². The van der Waals surface area contributed by atoms with Gasteiger partial charge in [0, 0.05) is 36.9 Å². The third kappa shape index (κ3) is 4.09. The predicted octanol–water partition coefficient (Wildman–Crippen LogP) is 0.494. The molecule has 1 aromatic carbocycles. The first kappa shape index (κ1) is 15.6. The van der Waals surface area contributed by atoms with E-state index in [9.17, 15) is 14.7 Å². The van der Waals surface area contributed by atoms with Crippen LogP contribution in [0, 0.1) is 17.2 Å². The van der Waals surface area contributed by atoms with Crippen LogP contribution in [0.4, 0.5) is 5.69 Å². The van der Waals surface area contributed by atoms with Crippen LogP contribution in [-0.2, 0) is 9.59 Å². The van der Waals surface area contributed by atoms with Gasteiger partial charge in [-0.15, -0.1) is 0 Å². The highest BCUT2D eigenvalue weighted by atomic mass is 16.4. The third-order valence-corrected chi connectivity index (χ3v) is 3.57. The average Bonchev–Trinajstić information content (AvgIpc) is 2.53. The lowest BCUT2D eigenvalue weighted by Gasteiger charge is -2.31. The number of carbonyl (C=O) groups is 2. The number of hydrogen-bond donors (Lipinski definition) is 1. The average molecular weight is 298 g/mol. The molecule has 0 atom stereocenters. The van der Waals surface area contributed by atoms with Gasteiger partial charge in [0.25, 0.3) is 5.91 Å². The minimum Gasteiger partial charge on any atom is -0.550 e. The van der Waals surface area contributed by atoms with E-state index in [1.54, 1.807) is 29.2 Å². The molecule has 0 spiro atoms. The van der Waals surface area contributed by atoms with Crippen LogP contribution in [-0.4, -0.2) is 29.9 Å². The second-order valence-corrected chi connectivity index (χ2v) is 5.10. The van der Waals surface area contributed by atoms with Crippen molar-refractivity contribution in [2.75, 3.05) is 18.4 Å². The number of para-hydroxylation sites is 1. The first-order valence-electron chi connectivity index (χ1n) is 7.03. The highest BCUT2D eigenvalue weighted by molar-refractivity contribution is 6.06. The number of carbonyl (C=O) groups excluding carboxylic acids is 2. The summed E-state index contributed by atoms with van der Waals surface area (Å²) in [5.74, 6) is -1.96. The monoisotopic (exact) mass is 298 g/mol. The smallest absolute Gasteiger partial charge is 0.267 e. The van der Waals surface area contributed by atoms with E-state index in [4.69, 9.17) is 5.26 Å². The lowest BCUT2D eigenvalue weighted by Crippen LogP contribution is -2.39. The molecule has 0 saturated carbocycles. The van der Waals surface area contributed by atoms with Crippen LogP contribution in [0.15, 0.2) is 42.1 Å². The molecule has 1 aliphatic rings. The number of carboxylic acid groups (broad SMARTS) is 1. The summed E-state index contributed by atoms with van der Waals surface area (Å²) >= 11 is 0. The summed E-state index contributed by atoms with van der Waals surface area (Å²) in [6.45, 7) is 0.977. The zero-order valence-corrected chi connectivity index (χ0v) is 12.0. The number of carboxylic acids is 1. The van der Waals surface area contributed by atoms with Crippen LogP contribution in [0.3, 0.4) is 0 Å². The number of benzene rings is 1. The van der Waals surface area contributed by atoms with Gasteiger partial charge < -0.3 is 20.1 Å². The second kappa shape index (κ2) is 7.27. The Morgan fingerprint density at radius 3 is 2.45 bits per heavy atom. The van der Waals surface area contributed by atoms with Crippen LogP contribution in [0.25, 0.3) is 0 Å². The molecule has 0 radical (unpaired) electrons. The van der Waals surface area contributed by atoms with E-state index < -0.39 is 17.8 Å². The minimum atomic E-state index is -1.04. The molecule has 6 nitrogen and oxygen atoms in total. The van der Waals surface area contributed by atoms with Gasteiger partial charge in [-0.3, -0.25) is 4.79 Å². The van der Waals surface area contributed by atoms with E-state index in [2.05, 4.69) is 5.32 Å². The number of aliphatic carboxylic acids is 1. The molecule has 1 aliphatic heterocycles. The number of nitrogens with one attached hydrogen (secondary N) is 1. The Hall–Kier alpha value is -2.81. The summed E-state index contributed by atoms with van der Waals surface area (Å²) in [6, 6.07) is 10.8. The van der Waals surface area contributed by atoms with Gasteiger partial charge >= 0.3 is 0 Å². The molecule has 1 aromatic rings. The summed E-state index contributed by atoms with van der Waals surface area (Å²) in [5.41, 5.74) is 0.611. The number of amides is 1. The van der Waals surface area contributed by atoms with E-state index >= 15 is 0 Å². The van der Waals surface area contributed by atoms with Crippen molar-refractivity contribution in [1.82, 2.24) is 4.90 Å². The van der Waals surface area contributed by atoms with E-state index in [0.29, 0.717) is 31.6 Å². The van der Waals surface area contributed by atoms with Crippen LogP contribution in [0.2, 0.25) is 0 Å². The SMILES string of the molecule is N#CC(=CN1CCC(C(=O)[O-])CC1)C(=O)Nc1ccccc1. The van der Waals surface area contributed by atoms with Crippen molar-refractivity contribution in [3.63, 3.8) is 0 Å². The molecular formula is C16H16N3O3-. The molecule has 0 unspecified atom stereocenters. The van der Waals surface area contributed by atoms with Crippen LogP contribution < -0.4 is 10.4 Å². The Kier molecular flexibility index (Phi) is 5.15. The summed E-state index contributed by atoms with van der Waals surface area (Å²) in [5, 5.41) is 22.6. The van der Waals surface area contributed by atoms with Crippen molar-refractivity contribution in [2.24, 2.45) is 5.92 Å². The Morgan fingerprint density at radius 2 is 1.91 bits per heavy atom. The number of rotatable bonds is 4. The molecule has 1 heterocycles. The van der Waals surface area contributed by atoms with Gasteiger partial charge in [-0.25, -0.2) is 0 Å². The summed E-state index contributed by atoms with van der Waals surface area (Å²) in [7, 11) is 0. The molecular weight excluding hydrogens is 282 g/mol. The largest absolute Gasteiger partial charge is 0.550 e. The Morgan fingerprint density at radius 1 is 1.27 bits per heavy atom. The Bertz CT molecular complexity index is 611. The second-order valence-electron chi connectivity index (χ2n) is 5.10. The fourth-order valence-corrected chi connectivity index (χ4v) is 2.31. The van der Waals surface area contributed by atoms with Gasteiger partial charge in [-0.1, -0.05) is 18.2 Å². The fraction of sp³-hybridized carbons (Fsp3) is 0.312. The Balaban J connectivity index is 1.98. The molecule has 1 N–H and O–H groups in total. The third-order valence-electron chi connectivity index (χ3n) is 3.57. The van der Waals surface area contributed by atoms with Gasteiger partial charge in [0.15, 0.2) is 0 Å². The zero-order chi connectivity index (χ0) is 15.9. The van der Waals surface area contributed by atoms with Gasteiger partial charge in [-0.05, 0) is 25.0 Å². The van der Waals surface area contributed by atoms with Gasteiger partial charge in [0.1, 0.15) is 11.6 Å². The van der Waals surface area contributed by atoms with Crippen molar-refractivity contribution in [3.8, 4) is 6.07 Å². The van der Waals surface area contributed by atoms with Crippen molar-refractivity contribution >= 4 is 17.6 Å². The number of anilines is 1. The molecule has 22 heavy (non-hydrogen) atoms. The highest BCUT2D eigenvalue weighted by Crippen LogP contribution is 2.17. The lowest BCUT2D eigenvalue weighted by molar-refractivity contribution is -0.312. The molecule has 6 heteroatoms. The quantitative estimate of drug-likeness (QED) is 0.645. The van der Waals surface area contributed by atoms with Gasteiger partial charge in [0.05, 0.1) is 0 Å². The topological polar surface area (TPSA) is 96.3 Å². The Labute approximate surface area is 128 Å². The standard InChI is InChI=1S/C16H17N3O3/c17-10-13(15(20)18-14-4-2-1-3-5-14)11-19-8-6-12(7-9-19)16(21)22/h1-5,11-12H,6-9H2,(H,18,20)(H,21,22)/p-1. The van der Waals surface area contributed by atoms with Crippen LogP contribution in [0.1, 0.15) is 12.8 Å². The molecule has 0 aromatic heterocycles. The molecule has 1 amide bonds. The summed E-state index contributed by atoms with van der Waals surface area (Å²) < 4.78 is 0. The predicted molar refractivity (Wildman–Crippen MR) is 78.1 cm³/mol. The van der Waals surface area contributed by atoms with E-state index in [1.165, 1.54) is 6.20 Å². The van der Waals surface area contributed by atoms with Crippen molar-refractivity contribution < 1.29 is 14.7 Å². The number of likely N-dealkylation sites (tertiary alicyclic amines) is 1. The van der Waals surface area contributed by atoms with E-state index in [-0.39, 0.29) is 5.57 Å². The maximum atomic E-state index is 12.1. The molecule has 2 rings (SSSR count). The van der Waals surface area contributed by atoms with Crippen molar-refractivity contribution in [3.05, 3.63) is 42.1 Å². The first-order valence-corrected chi connectivity index (χ1v) is 7.03. The van der Waals surface area contributed by atoms with E-state index in [0.717, 1.165) is 0 Å².